The summed E-state index contributed by atoms with van der Waals surface area (Å²) in [5.74, 6) is 0.575. The average molecular weight is 629 g/mol. The van der Waals surface area contributed by atoms with Crippen LogP contribution in [0.4, 0.5) is 5.88 Å². The number of hydrogen-bond acceptors (Lipinski definition) is 6. The van der Waals surface area contributed by atoms with Gasteiger partial charge in [0.05, 0.1) is 10.9 Å². The molecule has 1 aromatic heterocycles. The summed E-state index contributed by atoms with van der Waals surface area (Å²) in [6, 6.07) is 35.5. The Morgan fingerprint density at radius 3 is 1.88 bits per heavy atom. The van der Waals surface area contributed by atoms with Gasteiger partial charge in [0.1, 0.15) is 0 Å². The highest BCUT2D eigenvalue weighted by molar-refractivity contribution is 9.10. The van der Waals surface area contributed by atoms with Crippen molar-refractivity contribution in [3.63, 3.8) is 0 Å². The van der Waals surface area contributed by atoms with Gasteiger partial charge in [0.15, 0.2) is 0 Å². The van der Waals surface area contributed by atoms with Gasteiger partial charge in [-0.05, 0) is 54.4 Å². The van der Waals surface area contributed by atoms with E-state index in [4.69, 9.17) is 4.42 Å². The standard InChI is InChI=1S/C33H30BrN3O3S/c1-24-12-18-29(19-13-24)41(38,39)32-33(40-31(35-32)27-14-16-28(34)17-15-27)37-22-20-36(21-23-37)30(25-8-4-2-5-9-25)26-10-6-3-7-11-26/h2-19,30H,20-23H2,1H3. The predicted octanol–water partition coefficient (Wildman–Crippen LogP) is 7.16. The van der Waals surface area contributed by atoms with E-state index in [1.54, 1.807) is 24.3 Å². The van der Waals surface area contributed by atoms with Crippen LogP contribution in [0.2, 0.25) is 0 Å². The minimum absolute atomic E-state index is 0.0459. The van der Waals surface area contributed by atoms with E-state index in [9.17, 15) is 8.42 Å². The molecule has 41 heavy (non-hydrogen) atoms. The predicted molar refractivity (Wildman–Crippen MR) is 165 cm³/mol. The third-order valence-corrected chi connectivity index (χ3v) is 9.65. The topological polar surface area (TPSA) is 66.7 Å². The van der Waals surface area contributed by atoms with Crippen molar-refractivity contribution >= 4 is 31.7 Å². The lowest BCUT2D eigenvalue weighted by Gasteiger charge is -2.39. The van der Waals surface area contributed by atoms with E-state index in [0.29, 0.717) is 24.5 Å². The molecule has 6 rings (SSSR count). The summed E-state index contributed by atoms with van der Waals surface area (Å²) in [7, 11) is -3.92. The smallest absolute Gasteiger partial charge is 0.236 e. The Hall–Kier alpha value is -3.72. The van der Waals surface area contributed by atoms with Crippen molar-refractivity contribution in [3.8, 4) is 11.5 Å². The number of oxazole rings is 1. The van der Waals surface area contributed by atoms with Gasteiger partial charge in [-0.3, -0.25) is 4.90 Å². The molecule has 1 aliphatic heterocycles. The van der Waals surface area contributed by atoms with Crippen LogP contribution in [0.15, 0.2) is 128 Å². The Balaban J connectivity index is 1.34. The van der Waals surface area contributed by atoms with Crippen LogP contribution in [0.5, 0.6) is 0 Å². The van der Waals surface area contributed by atoms with Crippen LogP contribution in [0.1, 0.15) is 22.7 Å². The summed E-state index contributed by atoms with van der Waals surface area (Å²) < 4.78 is 35.0. The SMILES string of the molecule is Cc1ccc(S(=O)(=O)c2nc(-c3ccc(Br)cc3)oc2N2CCN(C(c3ccccc3)c3ccccc3)CC2)cc1. The number of anilines is 1. The molecule has 1 saturated heterocycles. The maximum absolute atomic E-state index is 13.9. The number of piperazine rings is 1. The molecular weight excluding hydrogens is 598 g/mol. The van der Waals surface area contributed by atoms with Crippen LogP contribution in [-0.2, 0) is 9.84 Å². The first-order valence-corrected chi connectivity index (χ1v) is 15.9. The summed E-state index contributed by atoms with van der Waals surface area (Å²) in [5.41, 5.74) is 4.16. The molecule has 0 atom stereocenters. The molecule has 0 unspecified atom stereocenters. The Kier molecular flexibility index (Phi) is 7.79. The monoisotopic (exact) mass is 627 g/mol. The minimum Gasteiger partial charge on any atom is -0.419 e. The number of halogens is 1. The molecule has 0 spiro atoms. The zero-order chi connectivity index (χ0) is 28.4. The van der Waals surface area contributed by atoms with Crippen molar-refractivity contribution < 1.29 is 12.8 Å². The van der Waals surface area contributed by atoms with Gasteiger partial charge in [-0.2, -0.15) is 4.98 Å². The van der Waals surface area contributed by atoms with Crippen LogP contribution in [-0.4, -0.2) is 44.5 Å². The number of aryl methyl sites for hydroxylation is 1. The highest BCUT2D eigenvalue weighted by Gasteiger charge is 2.34. The van der Waals surface area contributed by atoms with Gasteiger partial charge in [0.25, 0.3) is 0 Å². The molecule has 0 aliphatic carbocycles. The van der Waals surface area contributed by atoms with Crippen molar-refractivity contribution in [2.24, 2.45) is 0 Å². The normalized spacial score (nSPS) is 14.5. The Morgan fingerprint density at radius 1 is 0.756 bits per heavy atom. The van der Waals surface area contributed by atoms with Gasteiger partial charge >= 0.3 is 0 Å². The van der Waals surface area contributed by atoms with Crippen molar-refractivity contribution in [3.05, 3.63) is 130 Å². The maximum Gasteiger partial charge on any atom is 0.236 e. The minimum atomic E-state index is -3.92. The molecule has 208 valence electrons. The summed E-state index contributed by atoms with van der Waals surface area (Å²) in [6.45, 7) is 4.59. The van der Waals surface area contributed by atoms with Crippen LogP contribution >= 0.6 is 15.9 Å². The Morgan fingerprint density at radius 2 is 1.32 bits per heavy atom. The van der Waals surface area contributed by atoms with Gasteiger partial charge in [-0.15, -0.1) is 0 Å². The Labute approximate surface area is 249 Å². The molecule has 4 aromatic carbocycles. The second kappa shape index (κ2) is 11.6. The largest absolute Gasteiger partial charge is 0.419 e. The molecule has 0 bridgehead atoms. The fraction of sp³-hybridized carbons (Fsp3) is 0.182. The molecule has 8 heteroatoms. The summed E-state index contributed by atoms with van der Waals surface area (Å²) in [6.07, 6.45) is 0. The zero-order valence-corrected chi connectivity index (χ0v) is 25.1. The highest BCUT2D eigenvalue weighted by Crippen LogP contribution is 2.37. The highest BCUT2D eigenvalue weighted by atomic mass is 79.9. The number of benzene rings is 4. The van der Waals surface area contributed by atoms with Crippen molar-refractivity contribution in [1.29, 1.82) is 0 Å². The summed E-state index contributed by atoms with van der Waals surface area (Å²) in [4.78, 5) is 9.24. The number of aromatic nitrogens is 1. The molecule has 0 amide bonds. The lowest BCUT2D eigenvalue weighted by molar-refractivity contribution is 0.209. The first kappa shape index (κ1) is 27.4. The van der Waals surface area contributed by atoms with Gasteiger partial charge in [0, 0.05) is 36.2 Å². The van der Waals surface area contributed by atoms with Crippen LogP contribution < -0.4 is 4.90 Å². The third-order valence-electron chi connectivity index (χ3n) is 7.45. The van der Waals surface area contributed by atoms with Crippen molar-refractivity contribution in [2.75, 3.05) is 31.1 Å². The lowest BCUT2D eigenvalue weighted by Crippen LogP contribution is -2.48. The quantitative estimate of drug-likeness (QED) is 0.191. The Bertz CT molecular complexity index is 1680. The van der Waals surface area contributed by atoms with Gasteiger partial charge in [0.2, 0.25) is 26.6 Å². The van der Waals surface area contributed by atoms with E-state index >= 15 is 0 Å². The van der Waals surface area contributed by atoms with Gasteiger partial charge in [-0.25, -0.2) is 8.42 Å². The average Bonchev–Trinajstić information content (AvgIpc) is 3.46. The lowest BCUT2D eigenvalue weighted by atomic mass is 9.96. The molecular formula is C33H30BrN3O3S. The van der Waals surface area contributed by atoms with Gasteiger partial charge < -0.3 is 9.32 Å². The van der Waals surface area contributed by atoms with Crippen LogP contribution in [0.25, 0.3) is 11.5 Å². The van der Waals surface area contributed by atoms with E-state index in [1.165, 1.54) is 11.1 Å². The zero-order valence-electron chi connectivity index (χ0n) is 22.7. The van der Waals surface area contributed by atoms with Crippen molar-refractivity contribution in [1.82, 2.24) is 9.88 Å². The number of sulfone groups is 1. The van der Waals surface area contributed by atoms with Crippen LogP contribution in [0.3, 0.4) is 0 Å². The molecule has 0 saturated carbocycles. The van der Waals surface area contributed by atoms with E-state index < -0.39 is 9.84 Å². The second-order valence-corrected chi connectivity index (χ2v) is 13.0. The van der Waals surface area contributed by atoms with E-state index in [-0.39, 0.29) is 21.9 Å². The first-order valence-electron chi connectivity index (χ1n) is 13.6. The fourth-order valence-electron chi connectivity index (χ4n) is 5.29. The summed E-state index contributed by atoms with van der Waals surface area (Å²) in [5, 5.41) is -0.0459. The maximum atomic E-state index is 13.9. The van der Waals surface area contributed by atoms with E-state index in [2.05, 4.69) is 74.3 Å². The molecule has 0 N–H and O–H groups in total. The number of rotatable bonds is 7. The molecule has 2 heterocycles. The van der Waals surface area contributed by atoms with Gasteiger partial charge in [-0.1, -0.05) is 94.3 Å². The number of nitrogens with zero attached hydrogens (tertiary/aromatic N) is 3. The fourth-order valence-corrected chi connectivity index (χ4v) is 6.87. The van der Waals surface area contributed by atoms with Crippen molar-refractivity contribution in [2.45, 2.75) is 22.9 Å². The molecule has 1 fully saturated rings. The molecule has 5 aromatic rings. The summed E-state index contributed by atoms with van der Waals surface area (Å²) >= 11 is 3.46. The third kappa shape index (κ3) is 5.73. The molecule has 0 radical (unpaired) electrons. The second-order valence-electron chi connectivity index (χ2n) is 10.2. The molecule has 1 aliphatic rings. The molecule has 6 nitrogen and oxygen atoms in total. The number of hydrogen-bond donors (Lipinski definition) is 0. The van der Waals surface area contributed by atoms with Crippen LogP contribution in [0, 0.1) is 6.92 Å². The van der Waals surface area contributed by atoms with E-state index in [0.717, 1.165) is 23.1 Å². The van der Waals surface area contributed by atoms with E-state index in [1.807, 2.05) is 48.2 Å². The first-order chi connectivity index (χ1) is 19.9.